The van der Waals surface area contributed by atoms with Crippen molar-refractivity contribution in [1.29, 1.82) is 0 Å². The molecule has 1 heterocycles. The lowest BCUT2D eigenvalue weighted by Gasteiger charge is -2.05. The van der Waals surface area contributed by atoms with Crippen LogP contribution in [0.3, 0.4) is 0 Å². The normalized spacial score (nSPS) is 10.6. The Labute approximate surface area is 142 Å². The molecule has 24 heavy (non-hydrogen) atoms. The van der Waals surface area contributed by atoms with Crippen LogP contribution >= 0.6 is 11.6 Å². The van der Waals surface area contributed by atoms with Gasteiger partial charge in [0, 0.05) is 18.5 Å². The van der Waals surface area contributed by atoms with Gasteiger partial charge in [-0.05, 0) is 24.3 Å². The van der Waals surface area contributed by atoms with Gasteiger partial charge < -0.3 is 9.73 Å². The highest BCUT2D eigenvalue weighted by Gasteiger charge is 2.14. The summed E-state index contributed by atoms with van der Waals surface area (Å²) in [6.07, 6.45) is 0.341. The predicted molar refractivity (Wildman–Crippen MR) is 87.2 cm³/mol. The summed E-state index contributed by atoms with van der Waals surface area (Å²) in [6.45, 7) is 0.237. The van der Waals surface area contributed by atoms with Gasteiger partial charge in [0.2, 0.25) is 11.8 Å². The number of hydrogen-bond donors (Lipinski definition) is 1. The number of halogens is 2. The summed E-state index contributed by atoms with van der Waals surface area (Å²) in [4.78, 5) is 12.0. The lowest BCUT2D eigenvalue weighted by Crippen LogP contribution is -2.26. The molecule has 0 fully saturated rings. The summed E-state index contributed by atoms with van der Waals surface area (Å²) < 4.78 is 19.3. The van der Waals surface area contributed by atoms with Gasteiger partial charge in [-0.2, -0.15) is 0 Å². The van der Waals surface area contributed by atoms with Crippen LogP contribution in [0, 0.1) is 5.82 Å². The molecule has 5 nitrogen and oxygen atoms in total. The first-order valence-corrected chi connectivity index (χ1v) is 7.63. The molecule has 122 valence electrons. The third kappa shape index (κ3) is 3.60. The van der Waals surface area contributed by atoms with Crippen molar-refractivity contribution in [3.05, 3.63) is 70.8 Å². The van der Waals surface area contributed by atoms with Crippen molar-refractivity contribution in [2.24, 2.45) is 0 Å². The van der Waals surface area contributed by atoms with Crippen molar-refractivity contribution < 1.29 is 13.6 Å². The minimum absolute atomic E-state index is 0.0907. The summed E-state index contributed by atoms with van der Waals surface area (Å²) in [6, 6.07) is 13.6. The van der Waals surface area contributed by atoms with Gasteiger partial charge in [-0.15, -0.1) is 10.2 Å². The van der Waals surface area contributed by atoms with E-state index in [-0.39, 0.29) is 17.1 Å². The fourth-order valence-corrected chi connectivity index (χ4v) is 2.28. The highest BCUT2D eigenvalue weighted by atomic mass is 35.5. The molecule has 3 aromatic rings. The van der Waals surface area contributed by atoms with E-state index in [4.69, 9.17) is 16.0 Å². The maximum atomic E-state index is 13.8. The van der Waals surface area contributed by atoms with Gasteiger partial charge in [0.15, 0.2) is 5.82 Å². The number of hydrogen-bond acceptors (Lipinski definition) is 4. The molecule has 1 amide bonds. The molecule has 2 aromatic carbocycles. The van der Waals surface area contributed by atoms with Crippen LogP contribution in [0.2, 0.25) is 5.02 Å². The second-order valence-corrected chi connectivity index (χ2v) is 5.38. The number of benzene rings is 2. The molecule has 0 bridgehead atoms. The largest absolute Gasteiger partial charge is 0.421 e. The van der Waals surface area contributed by atoms with Crippen molar-refractivity contribution in [2.45, 2.75) is 6.42 Å². The Balaban J connectivity index is 1.58. The van der Waals surface area contributed by atoms with Crippen molar-refractivity contribution in [3.8, 4) is 11.5 Å². The molecule has 1 N–H and O–H groups in total. The van der Waals surface area contributed by atoms with E-state index >= 15 is 0 Å². The number of carbonyl (C=O) groups is 1. The summed E-state index contributed by atoms with van der Waals surface area (Å²) >= 11 is 5.66. The first kappa shape index (κ1) is 16.1. The maximum Gasteiger partial charge on any atom is 0.254 e. The molecule has 0 saturated carbocycles. The van der Waals surface area contributed by atoms with Gasteiger partial charge in [-0.25, -0.2) is 4.39 Å². The number of rotatable bonds is 5. The third-order valence-corrected chi connectivity index (χ3v) is 3.60. The lowest BCUT2D eigenvalue weighted by molar-refractivity contribution is 0.0949. The quantitative estimate of drug-likeness (QED) is 0.768. The second-order valence-electron chi connectivity index (χ2n) is 4.97. The fourth-order valence-electron chi connectivity index (χ4n) is 2.11. The Kier molecular flexibility index (Phi) is 4.86. The maximum absolute atomic E-state index is 13.8. The van der Waals surface area contributed by atoms with Gasteiger partial charge in [-0.3, -0.25) is 4.79 Å². The molecular weight excluding hydrogens is 333 g/mol. The van der Waals surface area contributed by atoms with Crippen molar-refractivity contribution in [2.75, 3.05) is 6.54 Å². The number of nitrogens with zero attached hydrogens (tertiary/aromatic N) is 2. The lowest BCUT2D eigenvalue weighted by atomic mass is 10.2. The minimum atomic E-state index is -0.735. The van der Waals surface area contributed by atoms with Gasteiger partial charge in [0.1, 0.15) is 0 Å². The summed E-state index contributed by atoms with van der Waals surface area (Å²) in [5.74, 6) is -0.475. The average molecular weight is 346 g/mol. The standard InChI is InChI=1S/C17H13ClFN3O2/c18-13-8-4-7-12(15(13)19)16(23)20-10-9-14-21-22-17(24-14)11-5-2-1-3-6-11/h1-8H,9-10H2,(H,20,23). The molecule has 0 aliphatic heterocycles. The van der Waals surface area contributed by atoms with Gasteiger partial charge in [0.05, 0.1) is 10.6 Å². The van der Waals surface area contributed by atoms with Crippen LogP contribution in [0.1, 0.15) is 16.2 Å². The highest BCUT2D eigenvalue weighted by Crippen LogP contribution is 2.18. The number of nitrogens with one attached hydrogen (secondary N) is 1. The molecular formula is C17H13ClFN3O2. The summed E-state index contributed by atoms with van der Waals surface area (Å²) in [7, 11) is 0. The van der Waals surface area contributed by atoms with Gasteiger partial charge in [-0.1, -0.05) is 35.9 Å². The van der Waals surface area contributed by atoms with E-state index in [0.717, 1.165) is 5.56 Å². The van der Waals surface area contributed by atoms with E-state index in [2.05, 4.69) is 15.5 Å². The Hall–Kier alpha value is -2.73. The molecule has 0 aliphatic rings. The summed E-state index contributed by atoms with van der Waals surface area (Å²) in [5.41, 5.74) is 0.722. The van der Waals surface area contributed by atoms with Gasteiger partial charge in [0.25, 0.3) is 5.91 Å². The topological polar surface area (TPSA) is 68.0 Å². The third-order valence-electron chi connectivity index (χ3n) is 3.31. The Morgan fingerprint density at radius 2 is 1.92 bits per heavy atom. The van der Waals surface area contributed by atoms with E-state index in [0.29, 0.717) is 18.2 Å². The van der Waals surface area contributed by atoms with Crippen LogP contribution in [0.25, 0.3) is 11.5 Å². The van der Waals surface area contributed by atoms with E-state index in [1.165, 1.54) is 18.2 Å². The van der Waals surface area contributed by atoms with Crippen LogP contribution < -0.4 is 5.32 Å². The Morgan fingerprint density at radius 3 is 2.71 bits per heavy atom. The van der Waals surface area contributed by atoms with E-state index in [1.807, 2.05) is 30.3 Å². The molecule has 0 saturated heterocycles. The summed E-state index contributed by atoms with van der Waals surface area (Å²) in [5, 5.41) is 10.4. The molecule has 0 spiro atoms. The molecule has 0 aliphatic carbocycles. The van der Waals surface area contributed by atoms with Gasteiger partial charge >= 0.3 is 0 Å². The first-order valence-electron chi connectivity index (χ1n) is 7.25. The monoisotopic (exact) mass is 345 g/mol. The van der Waals surface area contributed by atoms with E-state index in [9.17, 15) is 9.18 Å². The van der Waals surface area contributed by atoms with E-state index in [1.54, 1.807) is 0 Å². The Bertz CT molecular complexity index is 852. The van der Waals surface area contributed by atoms with E-state index < -0.39 is 11.7 Å². The van der Waals surface area contributed by atoms with Crippen LogP contribution in [0.5, 0.6) is 0 Å². The number of amides is 1. The predicted octanol–water partition coefficient (Wildman–Crippen LogP) is 3.50. The highest BCUT2D eigenvalue weighted by molar-refractivity contribution is 6.31. The first-order chi connectivity index (χ1) is 11.6. The van der Waals surface area contributed by atoms with Crippen LogP contribution in [-0.4, -0.2) is 22.6 Å². The molecule has 7 heteroatoms. The number of carbonyl (C=O) groups excluding carboxylic acids is 1. The van der Waals surface area contributed by atoms with Crippen LogP contribution in [-0.2, 0) is 6.42 Å². The zero-order chi connectivity index (χ0) is 16.9. The second kappa shape index (κ2) is 7.23. The van der Waals surface area contributed by atoms with Crippen molar-refractivity contribution >= 4 is 17.5 Å². The molecule has 3 rings (SSSR count). The zero-order valence-electron chi connectivity index (χ0n) is 12.5. The SMILES string of the molecule is O=C(NCCc1nnc(-c2ccccc2)o1)c1cccc(Cl)c1F. The average Bonchev–Trinajstić information content (AvgIpc) is 3.07. The smallest absolute Gasteiger partial charge is 0.254 e. The van der Waals surface area contributed by atoms with Crippen molar-refractivity contribution in [3.63, 3.8) is 0 Å². The molecule has 0 radical (unpaired) electrons. The minimum Gasteiger partial charge on any atom is -0.421 e. The Morgan fingerprint density at radius 1 is 1.12 bits per heavy atom. The molecule has 1 aromatic heterocycles. The van der Waals surface area contributed by atoms with Crippen molar-refractivity contribution in [1.82, 2.24) is 15.5 Å². The van der Waals surface area contributed by atoms with Crippen LogP contribution in [0.15, 0.2) is 52.9 Å². The van der Waals surface area contributed by atoms with Crippen LogP contribution in [0.4, 0.5) is 4.39 Å². The molecule has 0 unspecified atom stereocenters. The number of aromatic nitrogens is 2. The zero-order valence-corrected chi connectivity index (χ0v) is 13.3. The fraction of sp³-hybridized carbons (Fsp3) is 0.118. The molecule has 0 atom stereocenters.